The summed E-state index contributed by atoms with van der Waals surface area (Å²) in [6, 6.07) is -1.38. The summed E-state index contributed by atoms with van der Waals surface area (Å²) in [6.07, 6.45) is 0. The van der Waals surface area contributed by atoms with Gasteiger partial charge in [0.1, 0.15) is 0 Å². The van der Waals surface area contributed by atoms with Crippen LogP contribution in [0.3, 0.4) is 0 Å². The number of carboxylic acid groups (broad SMARTS) is 1. The van der Waals surface area contributed by atoms with E-state index in [1.165, 1.54) is 0 Å². The van der Waals surface area contributed by atoms with Gasteiger partial charge in [-0.2, -0.15) is 0 Å². The molecule has 0 unspecified atom stereocenters. The van der Waals surface area contributed by atoms with Gasteiger partial charge in [0.15, 0.2) is 6.04 Å². The van der Waals surface area contributed by atoms with Crippen molar-refractivity contribution in [2.45, 2.75) is 39.8 Å². The lowest BCUT2D eigenvalue weighted by atomic mass is 10.0. The number of quaternary nitrogens is 1. The number of hydrogen-bond donors (Lipinski definition) is 2. The maximum absolute atomic E-state index is 11.5. The van der Waals surface area contributed by atoms with Gasteiger partial charge in [0.25, 0.3) is 5.91 Å². The van der Waals surface area contributed by atoms with Crippen molar-refractivity contribution in [3.05, 3.63) is 0 Å². The van der Waals surface area contributed by atoms with Crippen LogP contribution < -0.4 is 16.2 Å². The molecule has 0 aliphatic heterocycles. The van der Waals surface area contributed by atoms with Crippen molar-refractivity contribution < 1.29 is 20.4 Å². The molecule has 0 rings (SSSR count). The monoisotopic (exact) mass is 216 g/mol. The summed E-state index contributed by atoms with van der Waals surface area (Å²) < 4.78 is 0. The fraction of sp³-hybridized carbons (Fsp3) is 0.800. The molecule has 0 bridgehead atoms. The zero-order chi connectivity index (χ0) is 12.2. The lowest BCUT2D eigenvalue weighted by Crippen LogP contribution is -2.71. The second kappa shape index (κ2) is 5.70. The van der Waals surface area contributed by atoms with Gasteiger partial charge in [0, 0.05) is 5.92 Å². The summed E-state index contributed by atoms with van der Waals surface area (Å²) in [4.78, 5) is 22.3. The van der Waals surface area contributed by atoms with Crippen LogP contribution in [0.25, 0.3) is 0 Å². The van der Waals surface area contributed by atoms with Crippen LogP contribution in [0.1, 0.15) is 27.7 Å². The number of nitrogens with one attached hydrogen (secondary N) is 1. The van der Waals surface area contributed by atoms with Crippen molar-refractivity contribution in [1.29, 1.82) is 0 Å². The van der Waals surface area contributed by atoms with Crippen molar-refractivity contribution in [2.24, 2.45) is 11.8 Å². The molecule has 0 aromatic heterocycles. The van der Waals surface area contributed by atoms with E-state index in [2.05, 4.69) is 11.1 Å². The molecule has 1 amide bonds. The molecule has 0 fully saturated rings. The molecule has 5 heteroatoms. The maximum Gasteiger partial charge on any atom is 0.278 e. The van der Waals surface area contributed by atoms with E-state index in [-0.39, 0.29) is 17.7 Å². The molecule has 2 atom stereocenters. The van der Waals surface area contributed by atoms with Gasteiger partial charge < -0.3 is 21.0 Å². The lowest BCUT2D eigenvalue weighted by molar-refractivity contribution is -0.414. The average Bonchev–Trinajstić information content (AvgIpc) is 2.11. The number of amides is 1. The predicted octanol–water partition coefficient (Wildman–Crippen LogP) is -1.86. The van der Waals surface area contributed by atoms with Crippen molar-refractivity contribution in [1.82, 2.24) is 5.32 Å². The van der Waals surface area contributed by atoms with Crippen molar-refractivity contribution in [3.8, 4) is 0 Å². The number of carbonyl (C=O) groups is 2. The summed E-state index contributed by atoms with van der Waals surface area (Å²) in [7, 11) is 0. The van der Waals surface area contributed by atoms with Crippen molar-refractivity contribution >= 4 is 11.9 Å². The van der Waals surface area contributed by atoms with Gasteiger partial charge in [-0.25, -0.2) is 0 Å². The normalized spacial score (nSPS) is 15.1. The molecule has 0 aromatic rings. The fourth-order valence-electron chi connectivity index (χ4n) is 1.06. The van der Waals surface area contributed by atoms with Crippen molar-refractivity contribution in [2.75, 3.05) is 0 Å². The van der Waals surface area contributed by atoms with Crippen LogP contribution in [-0.4, -0.2) is 24.0 Å². The maximum atomic E-state index is 11.5. The summed E-state index contributed by atoms with van der Waals surface area (Å²) >= 11 is 0. The molecular formula is C10H20N2O3. The van der Waals surface area contributed by atoms with Gasteiger partial charge >= 0.3 is 0 Å². The molecule has 5 nitrogen and oxygen atoms in total. The van der Waals surface area contributed by atoms with Gasteiger partial charge in [-0.3, -0.25) is 4.79 Å². The standard InChI is InChI=1S/C10H20N2O3/c1-5(2)7(11)9(13)12-8(6(3)4)10(14)15/h5-8H,11H2,1-4H3,(H,12,13)(H,14,15)/t7-,8+/m0/s1. The quantitative estimate of drug-likeness (QED) is 0.564. The summed E-state index contributed by atoms with van der Waals surface area (Å²) in [5, 5.41) is 13.2. The molecule has 0 radical (unpaired) electrons. The van der Waals surface area contributed by atoms with E-state index in [1.54, 1.807) is 13.8 Å². The highest BCUT2D eigenvalue weighted by atomic mass is 16.4. The highest BCUT2D eigenvalue weighted by molar-refractivity contribution is 5.85. The predicted molar refractivity (Wildman–Crippen MR) is 53.3 cm³/mol. The molecule has 0 aliphatic rings. The van der Waals surface area contributed by atoms with Crippen molar-refractivity contribution in [3.63, 3.8) is 0 Å². The first-order valence-corrected chi connectivity index (χ1v) is 5.11. The Bertz CT molecular complexity index is 239. The van der Waals surface area contributed by atoms with Crippen LogP contribution in [-0.2, 0) is 9.59 Å². The van der Waals surface area contributed by atoms with Gasteiger partial charge in [0.2, 0.25) is 0 Å². The number of aliphatic carboxylic acids is 1. The zero-order valence-electron chi connectivity index (χ0n) is 9.74. The van der Waals surface area contributed by atoms with Crippen LogP contribution >= 0.6 is 0 Å². The first-order chi connectivity index (χ1) is 6.77. The number of carbonyl (C=O) groups excluding carboxylic acids is 2. The summed E-state index contributed by atoms with van der Waals surface area (Å²) in [6.45, 7) is 7.16. The Hall–Kier alpha value is -1.10. The van der Waals surface area contributed by atoms with Crippen LogP contribution in [0.2, 0.25) is 0 Å². The van der Waals surface area contributed by atoms with E-state index >= 15 is 0 Å². The SMILES string of the molecule is CC(C)[C@H]([NH3+])C(=O)N[C@@H](C(=O)[O-])C(C)C. The largest absolute Gasteiger partial charge is 0.548 e. The van der Waals surface area contributed by atoms with Crippen LogP contribution in [0.15, 0.2) is 0 Å². The topological polar surface area (TPSA) is 96.9 Å². The molecule has 88 valence electrons. The van der Waals surface area contributed by atoms with E-state index in [9.17, 15) is 14.7 Å². The van der Waals surface area contributed by atoms with E-state index in [4.69, 9.17) is 0 Å². The Morgan fingerprint density at radius 3 is 1.87 bits per heavy atom. The van der Waals surface area contributed by atoms with Gasteiger partial charge in [-0.05, 0) is 5.92 Å². The smallest absolute Gasteiger partial charge is 0.278 e. The van der Waals surface area contributed by atoms with Gasteiger partial charge in [0.05, 0.1) is 12.0 Å². The molecule has 4 N–H and O–H groups in total. The fourth-order valence-corrected chi connectivity index (χ4v) is 1.06. The second-order valence-corrected chi connectivity index (χ2v) is 4.40. The second-order valence-electron chi connectivity index (χ2n) is 4.40. The van der Waals surface area contributed by atoms with E-state index in [0.29, 0.717) is 0 Å². The molecule has 0 spiro atoms. The third-order valence-corrected chi connectivity index (χ3v) is 2.36. The third-order valence-electron chi connectivity index (χ3n) is 2.36. The Balaban J connectivity index is 4.43. The first-order valence-electron chi connectivity index (χ1n) is 5.11. The summed E-state index contributed by atoms with van der Waals surface area (Å²) in [5.74, 6) is -1.71. The highest BCUT2D eigenvalue weighted by Crippen LogP contribution is 2.02. The van der Waals surface area contributed by atoms with Crippen LogP contribution in [0.4, 0.5) is 0 Å². The Morgan fingerprint density at radius 2 is 1.60 bits per heavy atom. The van der Waals surface area contributed by atoms with E-state index in [0.717, 1.165) is 0 Å². The third kappa shape index (κ3) is 4.29. The number of rotatable bonds is 5. The minimum absolute atomic E-state index is 0.0829. The molecule has 0 aliphatic carbocycles. The van der Waals surface area contributed by atoms with Crippen LogP contribution in [0, 0.1) is 11.8 Å². The minimum Gasteiger partial charge on any atom is -0.548 e. The molecule has 0 saturated carbocycles. The van der Waals surface area contributed by atoms with Gasteiger partial charge in [-0.15, -0.1) is 0 Å². The first kappa shape index (κ1) is 13.9. The average molecular weight is 216 g/mol. The number of carboxylic acids is 1. The highest BCUT2D eigenvalue weighted by Gasteiger charge is 2.25. The molecular weight excluding hydrogens is 196 g/mol. The van der Waals surface area contributed by atoms with Crippen LogP contribution in [0.5, 0.6) is 0 Å². The molecule has 15 heavy (non-hydrogen) atoms. The molecule has 0 heterocycles. The minimum atomic E-state index is -1.26. The summed E-state index contributed by atoms with van der Waals surface area (Å²) in [5.41, 5.74) is 3.68. The Morgan fingerprint density at radius 1 is 1.13 bits per heavy atom. The molecule has 0 saturated heterocycles. The zero-order valence-corrected chi connectivity index (χ0v) is 9.74. The van der Waals surface area contributed by atoms with Gasteiger partial charge in [-0.1, -0.05) is 27.7 Å². The van der Waals surface area contributed by atoms with E-state index in [1.807, 2.05) is 13.8 Å². The van der Waals surface area contributed by atoms with E-state index < -0.39 is 18.1 Å². The Labute approximate surface area is 90.0 Å². The molecule has 0 aromatic carbocycles. The number of hydrogen-bond acceptors (Lipinski definition) is 3. The lowest BCUT2D eigenvalue weighted by Gasteiger charge is -2.24. The Kier molecular flexibility index (Phi) is 5.28.